The van der Waals surface area contributed by atoms with Crippen molar-refractivity contribution in [3.05, 3.63) is 42.7 Å². The Kier molecular flexibility index (Phi) is 3.16. The predicted molar refractivity (Wildman–Crippen MR) is 86.5 cm³/mol. The van der Waals surface area contributed by atoms with Crippen LogP contribution in [0.25, 0.3) is 21.7 Å². The Bertz CT molecular complexity index is 818. The number of aromatic nitrogens is 2. The summed E-state index contributed by atoms with van der Waals surface area (Å²) >= 11 is 1.61. The molecule has 0 fully saturated rings. The van der Waals surface area contributed by atoms with E-state index in [9.17, 15) is 0 Å². The van der Waals surface area contributed by atoms with E-state index in [1.165, 1.54) is 0 Å². The summed E-state index contributed by atoms with van der Waals surface area (Å²) in [5.41, 5.74) is 2.97. The third kappa shape index (κ3) is 2.17. The lowest BCUT2D eigenvalue weighted by molar-refractivity contribution is 0.174. The first-order valence-electron chi connectivity index (χ1n) is 6.84. The minimum Gasteiger partial charge on any atom is -0.454 e. The molecule has 0 aliphatic carbocycles. The van der Waals surface area contributed by atoms with Crippen molar-refractivity contribution in [2.75, 3.05) is 19.2 Å². The third-order valence-electron chi connectivity index (χ3n) is 3.41. The Labute approximate surface area is 131 Å². The summed E-state index contributed by atoms with van der Waals surface area (Å²) in [5.74, 6) is 1.53. The summed E-state index contributed by atoms with van der Waals surface area (Å²) in [4.78, 5) is 9.97. The van der Waals surface area contributed by atoms with E-state index >= 15 is 0 Å². The maximum Gasteiger partial charge on any atom is 0.231 e. The normalized spacial score (nSPS) is 12.4. The van der Waals surface area contributed by atoms with Gasteiger partial charge in [-0.25, -0.2) is 4.98 Å². The summed E-state index contributed by atoms with van der Waals surface area (Å²) in [5, 5.41) is 3.98. The number of nitrogens with zero attached hydrogens (tertiary/aromatic N) is 2. The zero-order chi connectivity index (χ0) is 14.9. The van der Waals surface area contributed by atoms with Crippen molar-refractivity contribution in [2.24, 2.45) is 0 Å². The maximum atomic E-state index is 5.46. The Morgan fingerprint density at radius 2 is 2.05 bits per heavy atom. The number of anilines is 1. The van der Waals surface area contributed by atoms with Gasteiger partial charge in [0.05, 0.1) is 10.6 Å². The van der Waals surface area contributed by atoms with Gasteiger partial charge < -0.3 is 14.8 Å². The number of hydrogen-bond donors (Lipinski definition) is 1. The fraction of sp³-hybridized carbons (Fsp3) is 0.125. The molecule has 5 nitrogen and oxygen atoms in total. The maximum absolute atomic E-state index is 5.46. The first-order chi connectivity index (χ1) is 10.8. The van der Waals surface area contributed by atoms with Crippen molar-refractivity contribution >= 4 is 16.5 Å². The molecule has 0 spiro atoms. The molecule has 1 aliphatic rings. The van der Waals surface area contributed by atoms with Crippen molar-refractivity contribution in [3.8, 4) is 33.2 Å². The van der Waals surface area contributed by atoms with Gasteiger partial charge in [0, 0.05) is 30.6 Å². The van der Waals surface area contributed by atoms with Gasteiger partial charge in [0.15, 0.2) is 16.6 Å². The molecular weight excluding hydrogens is 298 g/mol. The predicted octanol–water partition coefficient (Wildman–Crippen LogP) is 3.64. The van der Waals surface area contributed by atoms with E-state index < -0.39 is 0 Å². The molecule has 0 radical (unpaired) electrons. The zero-order valence-electron chi connectivity index (χ0n) is 11.9. The second kappa shape index (κ2) is 5.31. The van der Waals surface area contributed by atoms with Gasteiger partial charge in [-0.05, 0) is 24.3 Å². The average Bonchev–Trinajstić information content (AvgIpc) is 3.21. The number of nitrogens with one attached hydrogen (secondary N) is 1. The molecule has 0 unspecified atom stereocenters. The molecule has 6 heteroatoms. The average molecular weight is 311 g/mol. The molecule has 3 aromatic rings. The summed E-state index contributed by atoms with van der Waals surface area (Å²) < 4.78 is 10.8. The Hall–Kier alpha value is -2.60. The molecule has 0 bridgehead atoms. The molecule has 0 atom stereocenters. The van der Waals surface area contributed by atoms with E-state index in [-0.39, 0.29) is 6.79 Å². The van der Waals surface area contributed by atoms with E-state index in [0.29, 0.717) is 0 Å². The Morgan fingerprint density at radius 3 is 2.86 bits per heavy atom. The second-order valence-electron chi connectivity index (χ2n) is 4.76. The Morgan fingerprint density at radius 1 is 1.14 bits per heavy atom. The molecule has 110 valence electrons. The van der Waals surface area contributed by atoms with Crippen LogP contribution >= 0.6 is 11.3 Å². The molecule has 0 saturated heterocycles. The number of benzene rings is 1. The highest BCUT2D eigenvalue weighted by Crippen LogP contribution is 2.42. The molecule has 1 N–H and O–H groups in total. The molecule has 2 aromatic heterocycles. The lowest BCUT2D eigenvalue weighted by Gasteiger charge is -2.03. The second-order valence-corrected chi connectivity index (χ2v) is 5.76. The number of pyridine rings is 1. The van der Waals surface area contributed by atoms with Gasteiger partial charge in [-0.3, -0.25) is 4.98 Å². The van der Waals surface area contributed by atoms with Crippen molar-refractivity contribution in [1.82, 2.24) is 9.97 Å². The number of fused-ring (bicyclic) bond motifs is 1. The SMILES string of the molecule is CNc1nc(-c2ccc3c(c2)OCO3)c(-c2cccnc2)s1. The van der Waals surface area contributed by atoms with Gasteiger partial charge >= 0.3 is 0 Å². The monoisotopic (exact) mass is 311 g/mol. The molecule has 22 heavy (non-hydrogen) atoms. The summed E-state index contributed by atoms with van der Waals surface area (Å²) in [6, 6.07) is 9.86. The van der Waals surface area contributed by atoms with E-state index in [4.69, 9.17) is 9.47 Å². The van der Waals surface area contributed by atoms with Crippen molar-refractivity contribution in [2.45, 2.75) is 0 Å². The molecule has 4 rings (SSSR count). The van der Waals surface area contributed by atoms with E-state index in [1.807, 2.05) is 43.6 Å². The van der Waals surface area contributed by atoms with Gasteiger partial charge in [0.25, 0.3) is 0 Å². The van der Waals surface area contributed by atoms with Crippen LogP contribution in [0.3, 0.4) is 0 Å². The fourth-order valence-corrected chi connectivity index (χ4v) is 3.29. The number of hydrogen-bond acceptors (Lipinski definition) is 6. The van der Waals surface area contributed by atoms with Gasteiger partial charge in [0.2, 0.25) is 6.79 Å². The minimum absolute atomic E-state index is 0.271. The highest BCUT2D eigenvalue weighted by atomic mass is 32.1. The number of rotatable bonds is 3. The summed E-state index contributed by atoms with van der Waals surface area (Å²) in [6.07, 6.45) is 3.62. The molecule has 1 aliphatic heterocycles. The molecule has 3 heterocycles. The molecule has 1 aromatic carbocycles. The topological polar surface area (TPSA) is 56.3 Å². The van der Waals surface area contributed by atoms with Crippen LogP contribution in [-0.4, -0.2) is 23.8 Å². The van der Waals surface area contributed by atoms with E-state index in [0.717, 1.165) is 38.3 Å². The van der Waals surface area contributed by atoms with Gasteiger partial charge in [-0.2, -0.15) is 0 Å². The van der Waals surface area contributed by atoms with Crippen LogP contribution in [0, 0.1) is 0 Å². The van der Waals surface area contributed by atoms with Crippen LogP contribution in [-0.2, 0) is 0 Å². The molecule has 0 saturated carbocycles. The van der Waals surface area contributed by atoms with Crippen LogP contribution in [0.1, 0.15) is 0 Å². The lowest BCUT2D eigenvalue weighted by Crippen LogP contribution is -1.92. The van der Waals surface area contributed by atoms with Crippen molar-refractivity contribution < 1.29 is 9.47 Å². The fourth-order valence-electron chi connectivity index (χ4n) is 2.36. The van der Waals surface area contributed by atoms with Crippen molar-refractivity contribution in [3.63, 3.8) is 0 Å². The highest BCUT2D eigenvalue weighted by Gasteiger charge is 2.19. The molecule has 0 amide bonds. The zero-order valence-corrected chi connectivity index (χ0v) is 12.7. The van der Waals surface area contributed by atoms with Gasteiger partial charge in [0.1, 0.15) is 0 Å². The Balaban J connectivity index is 1.86. The standard InChI is InChI=1S/C16H13N3O2S/c1-17-16-19-14(15(22-16)11-3-2-6-18-8-11)10-4-5-12-13(7-10)21-9-20-12/h2-8H,9H2,1H3,(H,17,19). The number of thiazole rings is 1. The first-order valence-corrected chi connectivity index (χ1v) is 7.66. The van der Waals surface area contributed by atoms with Gasteiger partial charge in [-0.15, -0.1) is 0 Å². The van der Waals surface area contributed by atoms with Crippen LogP contribution in [0.15, 0.2) is 42.7 Å². The van der Waals surface area contributed by atoms with E-state index in [2.05, 4.69) is 15.3 Å². The van der Waals surface area contributed by atoms with Gasteiger partial charge in [-0.1, -0.05) is 17.4 Å². The van der Waals surface area contributed by atoms with Crippen LogP contribution in [0.4, 0.5) is 5.13 Å². The van der Waals surface area contributed by atoms with Crippen LogP contribution < -0.4 is 14.8 Å². The quantitative estimate of drug-likeness (QED) is 0.800. The summed E-state index contributed by atoms with van der Waals surface area (Å²) in [7, 11) is 1.87. The first kappa shape index (κ1) is 13.1. The smallest absolute Gasteiger partial charge is 0.231 e. The summed E-state index contributed by atoms with van der Waals surface area (Å²) in [6.45, 7) is 0.271. The van der Waals surface area contributed by atoms with Crippen LogP contribution in [0.2, 0.25) is 0 Å². The van der Waals surface area contributed by atoms with Crippen molar-refractivity contribution in [1.29, 1.82) is 0 Å². The molecular formula is C16H13N3O2S. The number of ether oxygens (including phenoxy) is 2. The highest BCUT2D eigenvalue weighted by molar-refractivity contribution is 7.19. The van der Waals surface area contributed by atoms with Crippen LogP contribution in [0.5, 0.6) is 11.5 Å². The van der Waals surface area contributed by atoms with E-state index in [1.54, 1.807) is 17.5 Å². The third-order valence-corrected chi connectivity index (χ3v) is 4.53. The lowest BCUT2D eigenvalue weighted by atomic mass is 10.1. The minimum atomic E-state index is 0.271. The largest absolute Gasteiger partial charge is 0.454 e.